The van der Waals surface area contributed by atoms with E-state index in [1.54, 1.807) is 6.20 Å². The maximum Gasteiger partial charge on any atom is 0.244 e. The van der Waals surface area contributed by atoms with Crippen LogP contribution in [0.25, 0.3) is 10.9 Å². The largest absolute Gasteiger partial charge is 0.368 e. The Kier molecular flexibility index (Phi) is 5.79. The minimum atomic E-state index is 0.566. The summed E-state index contributed by atoms with van der Waals surface area (Å²) in [5.74, 6) is 1.31. The smallest absolute Gasteiger partial charge is 0.244 e. The van der Waals surface area contributed by atoms with Crippen LogP contribution >= 0.6 is 0 Å². The highest BCUT2D eigenvalue weighted by Crippen LogP contribution is 2.18. The molecule has 132 valence electrons. The average Bonchev–Trinajstić information content (AvgIpc) is 3.02. The van der Waals surface area contributed by atoms with Crippen molar-refractivity contribution in [2.45, 2.75) is 12.8 Å². The SMILES string of the molecule is CN(C)CCCNc1nncc(NCCc2c[nH]c3ccccc23)n1. The predicted molar refractivity (Wildman–Crippen MR) is 102 cm³/mol. The number of anilines is 2. The number of hydrogen-bond donors (Lipinski definition) is 3. The molecule has 7 heteroatoms. The minimum Gasteiger partial charge on any atom is -0.368 e. The number of nitrogens with one attached hydrogen (secondary N) is 3. The van der Waals surface area contributed by atoms with Crippen LogP contribution in [0.15, 0.2) is 36.7 Å². The monoisotopic (exact) mass is 339 g/mol. The summed E-state index contributed by atoms with van der Waals surface area (Å²) >= 11 is 0. The maximum absolute atomic E-state index is 4.45. The molecule has 0 unspecified atom stereocenters. The van der Waals surface area contributed by atoms with Crippen molar-refractivity contribution in [2.24, 2.45) is 0 Å². The molecule has 0 bridgehead atoms. The van der Waals surface area contributed by atoms with Crippen molar-refractivity contribution in [1.29, 1.82) is 0 Å². The van der Waals surface area contributed by atoms with E-state index in [4.69, 9.17) is 0 Å². The molecule has 3 N–H and O–H groups in total. The van der Waals surface area contributed by atoms with Crippen LogP contribution in [0.3, 0.4) is 0 Å². The first-order valence-electron chi connectivity index (χ1n) is 8.59. The molecular weight excluding hydrogens is 314 g/mol. The third-order valence-corrected chi connectivity index (χ3v) is 4.00. The van der Waals surface area contributed by atoms with Crippen molar-refractivity contribution in [1.82, 2.24) is 25.1 Å². The predicted octanol–water partition coefficient (Wildman–Crippen LogP) is 2.37. The molecule has 0 aliphatic heterocycles. The molecule has 2 heterocycles. The summed E-state index contributed by atoms with van der Waals surface area (Å²) in [6.45, 7) is 2.66. The summed E-state index contributed by atoms with van der Waals surface area (Å²) in [6, 6.07) is 8.34. The number of rotatable bonds is 9. The zero-order chi connectivity index (χ0) is 17.5. The van der Waals surface area contributed by atoms with Gasteiger partial charge in [0.05, 0.1) is 6.20 Å². The van der Waals surface area contributed by atoms with E-state index in [0.717, 1.165) is 38.3 Å². The van der Waals surface area contributed by atoms with Gasteiger partial charge in [0, 0.05) is 30.2 Å². The lowest BCUT2D eigenvalue weighted by atomic mass is 10.1. The molecule has 7 nitrogen and oxygen atoms in total. The number of aromatic amines is 1. The lowest BCUT2D eigenvalue weighted by molar-refractivity contribution is 0.405. The molecule has 0 amide bonds. The second-order valence-electron chi connectivity index (χ2n) is 6.29. The Morgan fingerprint density at radius 2 is 2.00 bits per heavy atom. The van der Waals surface area contributed by atoms with Crippen LogP contribution in [-0.2, 0) is 6.42 Å². The third kappa shape index (κ3) is 4.90. The Hall–Kier alpha value is -2.67. The van der Waals surface area contributed by atoms with Gasteiger partial charge in [0.15, 0.2) is 5.82 Å². The minimum absolute atomic E-state index is 0.566. The van der Waals surface area contributed by atoms with Crippen molar-refractivity contribution in [3.05, 3.63) is 42.2 Å². The quantitative estimate of drug-likeness (QED) is 0.519. The number of aromatic nitrogens is 4. The highest BCUT2D eigenvalue weighted by molar-refractivity contribution is 5.83. The van der Waals surface area contributed by atoms with Gasteiger partial charge in [-0.2, -0.15) is 10.1 Å². The van der Waals surface area contributed by atoms with E-state index in [1.165, 1.54) is 16.5 Å². The molecule has 0 radical (unpaired) electrons. The first-order valence-corrected chi connectivity index (χ1v) is 8.59. The molecule has 0 saturated carbocycles. The van der Waals surface area contributed by atoms with Gasteiger partial charge in [0.25, 0.3) is 0 Å². The maximum atomic E-state index is 4.45. The summed E-state index contributed by atoms with van der Waals surface area (Å²) in [6.07, 6.45) is 5.68. The summed E-state index contributed by atoms with van der Waals surface area (Å²) < 4.78 is 0. The van der Waals surface area contributed by atoms with Gasteiger partial charge in [-0.1, -0.05) is 18.2 Å². The Morgan fingerprint density at radius 1 is 1.12 bits per heavy atom. The first kappa shape index (κ1) is 17.2. The Morgan fingerprint density at radius 3 is 2.88 bits per heavy atom. The lowest BCUT2D eigenvalue weighted by Gasteiger charge is -2.10. The number of hydrogen-bond acceptors (Lipinski definition) is 6. The Balaban J connectivity index is 1.49. The second kappa shape index (κ2) is 8.43. The van der Waals surface area contributed by atoms with Gasteiger partial charge in [-0.25, -0.2) is 0 Å². The fraction of sp³-hybridized carbons (Fsp3) is 0.389. The van der Waals surface area contributed by atoms with Crippen molar-refractivity contribution in [3.8, 4) is 0 Å². The summed E-state index contributed by atoms with van der Waals surface area (Å²) in [4.78, 5) is 9.91. The van der Waals surface area contributed by atoms with E-state index in [9.17, 15) is 0 Å². The van der Waals surface area contributed by atoms with Gasteiger partial charge in [-0.05, 0) is 45.1 Å². The van der Waals surface area contributed by atoms with Gasteiger partial charge in [-0.3, -0.25) is 0 Å². The zero-order valence-corrected chi connectivity index (χ0v) is 14.8. The third-order valence-electron chi connectivity index (χ3n) is 4.00. The highest BCUT2D eigenvalue weighted by atomic mass is 15.3. The van der Waals surface area contributed by atoms with Crippen LogP contribution in [0.4, 0.5) is 11.8 Å². The van der Waals surface area contributed by atoms with Crippen molar-refractivity contribution >= 4 is 22.7 Å². The molecule has 1 aromatic carbocycles. The van der Waals surface area contributed by atoms with Crippen LogP contribution in [-0.4, -0.2) is 58.8 Å². The van der Waals surface area contributed by atoms with Gasteiger partial charge in [0.1, 0.15) is 0 Å². The first-order chi connectivity index (χ1) is 12.2. The fourth-order valence-electron chi connectivity index (χ4n) is 2.72. The summed E-state index contributed by atoms with van der Waals surface area (Å²) in [5.41, 5.74) is 2.47. The topological polar surface area (TPSA) is 81.8 Å². The lowest BCUT2D eigenvalue weighted by Crippen LogP contribution is -2.17. The van der Waals surface area contributed by atoms with E-state index < -0.39 is 0 Å². The van der Waals surface area contributed by atoms with E-state index in [1.807, 2.05) is 6.07 Å². The van der Waals surface area contributed by atoms with Crippen LogP contribution in [0.5, 0.6) is 0 Å². The van der Waals surface area contributed by atoms with Gasteiger partial charge < -0.3 is 20.5 Å². The van der Waals surface area contributed by atoms with E-state index >= 15 is 0 Å². The van der Waals surface area contributed by atoms with Gasteiger partial charge >= 0.3 is 0 Å². The molecule has 2 aromatic heterocycles. The van der Waals surface area contributed by atoms with E-state index in [0.29, 0.717) is 5.95 Å². The summed E-state index contributed by atoms with van der Waals surface area (Å²) in [7, 11) is 4.13. The number of nitrogens with zero attached hydrogens (tertiary/aromatic N) is 4. The molecule has 0 spiro atoms. The molecular formula is C18H25N7. The zero-order valence-electron chi connectivity index (χ0n) is 14.8. The normalized spacial score (nSPS) is 11.2. The summed E-state index contributed by atoms with van der Waals surface area (Å²) in [5, 5.41) is 15.8. The number of fused-ring (bicyclic) bond motifs is 1. The Bertz CT molecular complexity index is 797. The molecule has 0 saturated heterocycles. The van der Waals surface area contributed by atoms with Crippen LogP contribution in [0.2, 0.25) is 0 Å². The van der Waals surface area contributed by atoms with Gasteiger partial charge in [0.2, 0.25) is 5.95 Å². The molecule has 3 aromatic rings. The van der Waals surface area contributed by atoms with Crippen molar-refractivity contribution in [3.63, 3.8) is 0 Å². The van der Waals surface area contributed by atoms with Crippen molar-refractivity contribution in [2.75, 3.05) is 44.4 Å². The van der Waals surface area contributed by atoms with Gasteiger partial charge in [-0.15, -0.1) is 5.10 Å². The van der Waals surface area contributed by atoms with E-state index in [2.05, 4.69) is 74.2 Å². The highest BCUT2D eigenvalue weighted by Gasteiger charge is 2.04. The molecule has 3 rings (SSSR count). The molecule has 0 fully saturated rings. The fourth-order valence-corrected chi connectivity index (χ4v) is 2.72. The number of H-pyrrole nitrogens is 1. The number of para-hydroxylation sites is 1. The van der Waals surface area contributed by atoms with Crippen LogP contribution < -0.4 is 10.6 Å². The second-order valence-corrected chi connectivity index (χ2v) is 6.29. The van der Waals surface area contributed by atoms with Crippen LogP contribution in [0.1, 0.15) is 12.0 Å². The molecule has 0 atom stereocenters. The van der Waals surface area contributed by atoms with Crippen molar-refractivity contribution < 1.29 is 0 Å². The Labute approximate surface area is 147 Å². The standard InChI is InChI=1S/C18H25N7/c1-25(2)11-5-9-20-18-23-17(13-22-24-18)19-10-8-14-12-21-16-7-4-3-6-15(14)16/h3-4,6-7,12-13,21H,5,8-11H2,1-2H3,(H2,19,20,23,24). The molecule has 25 heavy (non-hydrogen) atoms. The number of benzene rings is 1. The van der Waals surface area contributed by atoms with Crippen LogP contribution in [0, 0.1) is 0 Å². The van der Waals surface area contributed by atoms with E-state index in [-0.39, 0.29) is 0 Å². The molecule has 0 aliphatic carbocycles. The average molecular weight is 339 g/mol. The molecule has 0 aliphatic rings.